The van der Waals surface area contributed by atoms with Crippen LogP contribution < -0.4 is 4.74 Å². The van der Waals surface area contributed by atoms with Crippen molar-refractivity contribution in [1.82, 2.24) is 4.98 Å². The van der Waals surface area contributed by atoms with Gasteiger partial charge in [-0.15, -0.1) is 0 Å². The van der Waals surface area contributed by atoms with Crippen LogP contribution in [0.25, 0.3) is 0 Å². The number of nitrogens with zero attached hydrogens (tertiary/aromatic N) is 3. The molecule has 0 saturated heterocycles. The van der Waals surface area contributed by atoms with Gasteiger partial charge in [0.1, 0.15) is 5.75 Å². The average Bonchev–Trinajstić information content (AvgIpc) is 2.99. The highest BCUT2D eigenvalue weighted by atomic mass is 32.2. The van der Waals surface area contributed by atoms with E-state index in [-0.39, 0.29) is 16.7 Å². The van der Waals surface area contributed by atoms with Crippen molar-refractivity contribution < 1.29 is 22.1 Å². The predicted molar refractivity (Wildman–Crippen MR) is 89.1 cm³/mol. The van der Waals surface area contributed by atoms with Crippen LogP contribution in [0.15, 0.2) is 46.2 Å². The Hall–Kier alpha value is -2.29. The van der Waals surface area contributed by atoms with Gasteiger partial charge in [0.2, 0.25) is 5.17 Å². The molecule has 0 saturated carbocycles. The molecule has 0 bridgehead atoms. The molecule has 1 aliphatic carbocycles. The van der Waals surface area contributed by atoms with Crippen LogP contribution in [0.4, 0.5) is 13.2 Å². The molecule has 2 aliphatic rings. The number of halogens is 3. The lowest BCUT2D eigenvalue weighted by Crippen LogP contribution is -2.20. The van der Waals surface area contributed by atoms with Crippen molar-refractivity contribution in [1.29, 1.82) is 0 Å². The zero-order chi connectivity index (χ0) is 18.0. The largest absolute Gasteiger partial charge is 0.484 e. The molecule has 0 N–H and O–H groups in total. The molecular weight excluding hydrogens is 355 g/mol. The molecule has 0 aromatic carbocycles. The van der Waals surface area contributed by atoms with Gasteiger partial charge in [-0.1, -0.05) is 12.2 Å². The van der Waals surface area contributed by atoms with E-state index in [4.69, 9.17) is 4.74 Å². The monoisotopic (exact) mass is 369 g/mol. The predicted octanol–water partition coefficient (Wildman–Crippen LogP) is 3.23. The van der Waals surface area contributed by atoms with Crippen LogP contribution in [-0.2, 0) is 16.6 Å². The zero-order valence-electron chi connectivity index (χ0n) is 13.2. The highest BCUT2D eigenvalue weighted by Crippen LogP contribution is 2.25. The molecule has 1 unspecified atom stereocenters. The number of hydrogen-bond donors (Lipinski definition) is 0. The van der Waals surface area contributed by atoms with Gasteiger partial charge < -0.3 is 4.74 Å². The minimum absolute atomic E-state index is 0.00533. The molecule has 1 aromatic heterocycles. The van der Waals surface area contributed by atoms with E-state index in [1.54, 1.807) is 13.0 Å². The van der Waals surface area contributed by atoms with Crippen molar-refractivity contribution in [3.63, 3.8) is 0 Å². The van der Waals surface area contributed by atoms with Crippen LogP contribution in [0.5, 0.6) is 5.75 Å². The summed E-state index contributed by atoms with van der Waals surface area (Å²) in [6.07, 6.45) is 3.12. The van der Waals surface area contributed by atoms with E-state index in [0.717, 1.165) is 5.71 Å². The summed E-state index contributed by atoms with van der Waals surface area (Å²) >= 11 is 0. The molecule has 0 radical (unpaired) electrons. The third-order valence-corrected chi connectivity index (χ3v) is 4.69. The van der Waals surface area contributed by atoms with Crippen molar-refractivity contribution in [2.45, 2.75) is 25.3 Å². The first-order chi connectivity index (χ1) is 11.8. The molecule has 0 amide bonds. The first-order valence-electron chi connectivity index (χ1n) is 7.39. The maximum atomic E-state index is 12.5. The summed E-state index contributed by atoms with van der Waals surface area (Å²) in [4.78, 5) is 12.6. The second-order valence-corrected chi connectivity index (χ2v) is 6.76. The van der Waals surface area contributed by atoms with Crippen LogP contribution in [0.1, 0.15) is 17.7 Å². The van der Waals surface area contributed by atoms with Crippen molar-refractivity contribution >= 4 is 21.7 Å². The fourth-order valence-electron chi connectivity index (χ4n) is 2.30. The summed E-state index contributed by atoms with van der Waals surface area (Å²) in [5.74, 6) is 0.0744. The Morgan fingerprint density at radius 2 is 2.12 bits per heavy atom. The van der Waals surface area contributed by atoms with Gasteiger partial charge in [-0.05, 0) is 19.1 Å². The van der Waals surface area contributed by atoms with Gasteiger partial charge >= 0.3 is 6.18 Å². The maximum absolute atomic E-state index is 12.5. The maximum Gasteiger partial charge on any atom is 0.422 e. The van der Waals surface area contributed by atoms with Gasteiger partial charge in [0.15, 0.2) is 6.61 Å². The Labute approximate surface area is 144 Å². The van der Waals surface area contributed by atoms with E-state index in [1.165, 1.54) is 12.3 Å². The van der Waals surface area contributed by atoms with Crippen LogP contribution in [0, 0.1) is 6.92 Å². The summed E-state index contributed by atoms with van der Waals surface area (Å²) in [5, 5.41) is 0.202. The van der Waals surface area contributed by atoms with E-state index in [9.17, 15) is 17.4 Å². The Morgan fingerprint density at radius 3 is 2.84 bits per heavy atom. The number of rotatable bonds is 4. The molecule has 25 heavy (non-hydrogen) atoms. The standard InChI is InChI=1S/C16H14F3N3O2S/c1-10-13(20-7-6-14(10)24-9-16(17,18)19)8-25(23)15-21-11-4-2-3-5-12(11)22-15/h2-4,6-7H,5,8-9H2,1H3. The van der Waals surface area contributed by atoms with Gasteiger partial charge in [0.25, 0.3) is 0 Å². The summed E-state index contributed by atoms with van der Waals surface area (Å²) in [6.45, 7) is 0.196. The van der Waals surface area contributed by atoms with Crippen molar-refractivity contribution in [2.75, 3.05) is 6.61 Å². The van der Waals surface area contributed by atoms with Gasteiger partial charge in [-0.25, -0.2) is 9.98 Å². The minimum atomic E-state index is -4.43. The average molecular weight is 369 g/mol. The molecular formula is C16H14F3N3O2S. The Bertz CT molecular complexity index is 842. The minimum Gasteiger partial charge on any atom is -0.484 e. The van der Waals surface area contributed by atoms with Crippen LogP contribution >= 0.6 is 0 Å². The second-order valence-electron chi connectivity index (χ2n) is 5.41. The van der Waals surface area contributed by atoms with Gasteiger partial charge in [0.05, 0.1) is 33.7 Å². The van der Waals surface area contributed by atoms with Gasteiger partial charge in [0, 0.05) is 18.2 Å². The first kappa shape index (κ1) is 17.5. The molecule has 3 rings (SSSR count). The molecule has 9 heteroatoms. The molecule has 1 aliphatic heterocycles. The van der Waals surface area contributed by atoms with Crippen molar-refractivity contribution in [2.24, 2.45) is 9.98 Å². The number of pyridine rings is 1. The number of hydrogen-bond acceptors (Lipinski definition) is 5. The van der Waals surface area contributed by atoms with E-state index in [0.29, 0.717) is 23.4 Å². The number of alkyl halides is 3. The number of aliphatic imine (C=N–C) groups is 2. The van der Waals surface area contributed by atoms with E-state index in [1.807, 2.05) is 12.2 Å². The lowest BCUT2D eigenvalue weighted by molar-refractivity contribution is -0.153. The number of aromatic nitrogens is 1. The van der Waals surface area contributed by atoms with Crippen LogP contribution in [0.2, 0.25) is 0 Å². The van der Waals surface area contributed by atoms with Crippen molar-refractivity contribution in [3.8, 4) is 5.75 Å². The summed E-state index contributed by atoms with van der Waals surface area (Å²) in [7, 11) is -1.55. The Balaban J connectivity index is 1.73. The Morgan fingerprint density at radius 1 is 1.32 bits per heavy atom. The van der Waals surface area contributed by atoms with Crippen LogP contribution in [-0.4, -0.2) is 32.9 Å². The summed E-state index contributed by atoms with van der Waals surface area (Å²) < 4.78 is 54.2. The SMILES string of the molecule is Cc1c(OCC(F)(F)F)ccnc1CS(=O)C1=NC2=CC=CCC2=N1. The highest BCUT2D eigenvalue weighted by molar-refractivity contribution is 7.99. The Kier molecular flexibility index (Phi) is 4.85. The van der Waals surface area contributed by atoms with Gasteiger partial charge in [-0.3, -0.25) is 9.19 Å². The molecule has 132 valence electrons. The second kappa shape index (κ2) is 6.91. The summed E-state index contributed by atoms with van der Waals surface area (Å²) in [6, 6.07) is 1.35. The zero-order valence-corrected chi connectivity index (χ0v) is 14.0. The molecule has 0 fully saturated rings. The third kappa shape index (κ3) is 4.22. The molecule has 0 spiro atoms. The number of fused-ring (bicyclic) bond motifs is 1. The van der Waals surface area contributed by atoms with E-state index in [2.05, 4.69) is 15.0 Å². The first-order valence-corrected chi connectivity index (χ1v) is 8.71. The number of amidine groups is 1. The molecule has 5 nitrogen and oxygen atoms in total. The molecule has 1 aromatic rings. The lowest BCUT2D eigenvalue weighted by atomic mass is 10.1. The number of ether oxygens (including phenoxy) is 1. The fourth-order valence-corrected chi connectivity index (χ4v) is 3.38. The molecule has 1 atom stereocenters. The fraction of sp³-hybridized carbons (Fsp3) is 0.312. The van der Waals surface area contributed by atoms with Crippen LogP contribution in [0.3, 0.4) is 0 Å². The summed E-state index contributed by atoms with van der Waals surface area (Å²) in [5.41, 5.74) is 2.27. The van der Waals surface area contributed by atoms with Crippen molar-refractivity contribution in [3.05, 3.63) is 47.4 Å². The normalized spacial score (nSPS) is 17.5. The van der Waals surface area contributed by atoms with E-state index < -0.39 is 23.6 Å². The smallest absolute Gasteiger partial charge is 0.422 e. The highest BCUT2D eigenvalue weighted by Gasteiger charge is 2.29. The molecule has 2 heterocycles. The lowest BCUT2D eigenvalue weighted by Gasteiger charge is -2.13. The van der Waals surface area contributed by atoms with E-state index >= 15 is 0 Å². The topological polar surface area (TPSA) is 63.9 Å². The third-order valence-electron chi connectivity index (χ3n) is 3.57. The number of allylic oxidation sites excluding steroid dienone is 4. The quantitative estimate of drug-likeness (QED) is 0.819. The van der Waals surface area contributed by atoms with Gasteiger partial charge in [-0.2, -0.15) is 13.2 Å².